The Morgan fingerprint density at radius 3 is 2.60 bits per heavy atom. The van der Waals surface area contributed by atoms with Crippen LogP contribution in [0.25, 0.3) is 0 Å². The van der Waals surface area contributed by atoms with Crippen molar-refractivity contribution >= 4 is 0 Å². The maximum Gasteiger partial charge on any atom is 0.0791 e. The van der Waals surface area contributed by atoms with Crippen molar-refractivity contribution in [3.63, 3.8) is 0 Å². The molecule has 0 aromatic rings. The van der Waals surface area contributed by atoms with Gasteiger partial charge in [0.25, 0.3) is 0 Å². The number of terminal acetylenes is 1. The van der Waals surface area contributed by atoms with E-state index in [1.165, 1.54) is 12.8 Å². The van der Waals surface area contributed by atoms with Crippen LogP contribution in [0.4, 0.5) is 0 Å². The van der Waals surface area contributed by atoms with E-state index in [4.69, 9.17) is 6.42 Å². The van der Waals surface area contributed by atoms with Gasteiger partial charge in [-0.25, -0.2) is 0 Å². The summed E-state index contributed by atoms with van der Waals surface area (Å²) in [4.78, 5) is 2.30. The molecule has 0 aliphatic carbocycles. The average molecular weight is 210 g/mol. The maximum absolute atomic E-state index is 9.80. The van der Waals surface area contributed by atoms with Crippen LogP contribution in [-0.2, 0) is 0 Å². The third-order valence-electron chi connectivity index (χ3n) is 2.81. The minimum Gasteiger partial charge on any atom is -0.390 e. The van der Waals surface area contributed by atoms with Gasteiger partial charge in [-0.2, -0.15) is 0 Å². The zero-order valence-electron chi connectivity index (χ0n) is 9.79. The lowest BCUT2D eigenvalue weighted by Gasteiger charge is -2.24. The largest absolute Gasteiger partial charge is 0.390 e. The zero-order valence-corrected chi connectivity index (χ0v) is 9.79. The van der Waals surface area contributed by atoms with Gasteiger partial charge >= 0.3 is 0 Å². The van der Waals surface area contributed by atoms with Gasteiger partial charge < -0.3 is 10.0 Å². The van der Waals surface area contributed by atoms with E-state index in [0.29, 0.717) is 6.54 Å². The van der Waals surface area contributed by atoms with Gasteiger partial charge in [0.2, 0.25) is 0 Å². The van der Waals surface area contributed by atoms with Gasteiger partial charge in [-0.1, -0.05) is 5.92 Å². The molecular formula is C12H22N2O. The number of β-amino-alcohol motifs (C(OH)–C–C–N with tert-alkyl or cyclic N) is 1. The Kier molecular flexibility index (Phi) is 4.59. The fraction of sp³-hybridized carbons (Fsp3) is 0.833. The van der Waals surface area contributed by atoms with Crippen LogP contribution in [0.3, 0.4) is 0 Å². The van der Waals surface area contributed by atoms with E-state index >= 15 is 0 Å². The molecule has 3 heteroatoms. The van der Waals surface area contributed by atoms with Crippen LogP contribution in [0, 0.1) is 12.3 Å². The fourth-order valence-electron chi connectivity index (χ4n) is 1.75. The molecule has 1 saturated heterocycles. The predicted octanol–water partition coefficient (Wildman–Crippen LogP) is 0.444. The standard InChI is InChI=1S/C12H22N2O/c1-4-12(2,3)13-9-11(15)10-14-7-5-6-8-14/h1,11,13,15H,5-10H2,2-3H3. The van der Waals surface area contributed by atoms with Crippen molar-refractivity contribution in [1.82, 2.24) is 10.2 Å². The van der Waals surface area contributed by atoms with Gasteiger partial charge in [0, 0.05) is 13.1 Å². The van der Waals surface area contributed by atoms with Crippen LogP contribution in [0.2, 0.25) is 0 Å². The SMILES string of the molecule is C#CC(C)(C)NCC(O)CN1CCCC1. The average Bonchev–Trinajstić information content (AvgIpc) is 2.68. The molecule has 86 valence electrons. The molecule has 1 unspecified atom stereocenters. The molecule has 1 rings (SSSR count). The van der Waals surface area contributed by atoms with Crippen LogP contribution in [0.5, 0.6) is 0 Å². The molecule has 0 aromatic heterocycles. The van der Waals surface area contributed by atoms with Crippen LogP contribution in [0.15, 0.2) is 0 Å². The molecule has 1 fully saturated rings. The summed E-state index contributed by atoms with van der Waals surface area (Å²) in [6.07, 6.45) is 7.55. The topological polar surface area (TPSA) is 35.5 Å². The van der Waals surface area contributed by atoms with E-state index in [0.717, 1.165) is 19.6 Å². The summed E-state index contributed by atoms with van der Waals surface area (Å²) in [7, 11) is 0. The zero-order chi connectivity index (χ0) is 11.3. The second-order valence-corrected chi connectivity index (χ2v) is 4.81. The number of aliphatic hydroxyl groups excluding tert-OH is 1. The summed E-state index contributed by atoms with van der Waals surface area (Å²) in [5.41, 5.74) is -0.327. The number of rotatable bonds is 5. The van der Waals surface area contributed by atoms with E-state index in [2.05, 4.69) is 16.1 Å². The molecule has 1 atom stereocenters. The lowest BCUT2D eigenvalue weighted by atomic mass is 10.1. The molecule has 0 radical (unpaired) electrons. The van der Waals surface area contributed by atoms with Crippen molar-refractivity contribution in [2.24, 2.45) is 0 Å². The Hall–Kier alpha value is -0.560. The lowest BCUT2D eigenvalue weighted by molar-refractivity contribution is 0.119. The minimum atomic E-state index is -0.327. The van der Waals surface area contributed by atoms with Crippen LogP contribution < -0.4 is 5.32 Å². The highest BCUT2D eigenvalue weighted by molar-refractivity contribution is 5.07. The highest BCUT2D eigenvalue weighted by atomic mass is 16.3. The first-order valence-corrected chi connectivity index (χ1v) is 5.67. The van der Waals surface area contributed by atoms with Crippen LogP contribution in [0.1, 0.15) is 26.7 Å². The number of nitrogens with one attached hydrogen (secondary N) is 1. The summed E-state index contributed by atoms with van der Waals surface area (Å²) in [5.74, 6) is 2.65. The van der Waals surface area contributed by atoms with Crippen molar-refractivity contribution < 1.29 is 5.11 Å². The normalized spacial score (nSPS) is 20.1. The Morgan fingerprint density at radius 2 is 2.07 bits per heavy atom. The predicted molar refractivity (Wildman–Crippen MR) is 62.6 cm³/mol. The summed E-state index contributed by atoms with van der Waals surface area (Å²) < 4.78 is 0. The van der Waals surface area contributed by atoms with Crippen molar-refractivity contribution in [3.05, 3.63) is 0 Å². The summed E-state index contributed by atoms with van der Waals surface area (Å²) >= 11 is 0. The van der Waals surface area contributed by atoms with Gasteiger partial charge in [-0.3, -0.25) is 5.32 Å². The van der Waals surface area contributed by atoms with E-state index in [1.54, 1.807) is 0 Å². The minimum absolute atomic E-state index is 0.323. The van der Waals surface area contributed by atoms with Crippen molar-refractivity contribution in [1.29, 1.82) is 0 Å². The molecule has 15 heavy (non-hydrogen) atoms. The van der Waals surface area contributed by atoms with Gasteiger partial charge in [0.15, 0.2) is 0 Å². The number of aliphatic hydroxyl groups is 1. The number of likely N-dealkylation sites (tertiary alicyclic amines) is 1. The molecule has 1 aliphatic heterocycles. The highest BCUT2D eigenvalue weighted by Crippen LogP contribution is 2.07. The van der Waals surface area contributed by atoms with Gasteiger partial charge in [0.1, 0.15) is 0 Å². The molecule has 0 spiro atoms. The number of hydrogen-bond donors (Lipinski definition) is 2. The summed E-state index contributed by atoms with van der Waals surface area (Å²) in [6.45, 7) is 7.44. The van der Waals surface area contributed by atoms with Crippen molar-refractivity contribution in [3.8, 4) is 12.3 Å². The fourth-order valence-corrected chi connectivity index (χ4v) is 1.75. The molecule has 0 bridgehead atoms. The Morgan fingerprint density at radius 1 is 1.47 bits per heavy atom. The molecule has 2 N–H and O–H groups in total. The Balaban J connectivity index is 2.18. The Labute approximate surface area is 92.9 Å². The first kappa shape index (κ1) is 12.5. The van der Waals surface area contributed by atoms with Gasteiger partial charge in [-0.05, 0) is 39.8 Å². The van der Waals surface area contributed by atoms with E-state index in [-0.39, 0.29) is 11.6 Å². The molecule has 0 amide bonds. The second kappa shape index (κ2) is 5.50. The van der Waals surface area contributed by atoms with E-state index < -0.39 is 0 Å². The molecule has 1 aliphatic rings. The van der Waals surface area contributed by atoms with Crippen LogP contribution in [-0.4, -0.2) is 47.8 Å². The van der Waals surface area contributed by atoms with Crippen LogP contribution >= 0.6 is 0 Å². The maximum atomic E-state index is 9.80. The second-order valence-electron chi connectivity index (χ2n) is 4.81. The summed E-state index contributed by atoms with van der Waals surface area (Å²) in [5, 5.41) is 13.0. The first-order valence-electron chi connectivity index (χ1n) is 5.67. The quantitative estimate of drug-likeness (QED) is 0.647. The van der Waals surface area contributed by atoms with Crippen molar-refractivity contribution in [2.45, 2.75) is 38.3 Å². The smallest absolute Gasteiger partial charge is 0.0791 e. The number of hydrogen-bond acceptors (Lipinski definition) is 3. The third-order valence-corrected chi connectivity index (χ3v) is 2.81. The van der Waals surface area contributed by atoms with E-state index in [9.17, 15) is 5.11 Å². The first-order chi connectivity index (χ1) is 7.03. The van der Waals surface area contributed by atoms with Gasteiger partial charge in [-0.15, -0.1) is 6.42 Å². The molecule has 1 heterocycles. The van der Waals surface area contributed by atoms with E-state index in [1.807, 2.05) is 13.8 Å². The number of nitrogens with zero attached hydrogens (tertiary/aromatic N) is 1. The monoisotopic (exact) mass is 210 g/mol. The molecule has 0 aromatic carbocycles. The highest BCUT2D eigenvalue weighted by Gasteiger charge is 2.18. The molecular weight excluding hydrogens is 188 g/mol. The summed E-state index contributed by atoms with van der Waals surface area (Å²) in [6, 6.07) is 0. The molecule has 3 nitrogen and oxygen atoms in total. The lowest BCUT2D eigenvalue weighted by Crippen LogP contribution is -2.45. The van der Waals surface area contributed by atoms with Crippen molar-refractivity contribution in [2.75, 3.05) is 26.2 Å². The molecule has 0 saturated carbocycles. The Bertz CT molecular complexity index is 226. The van der Waals surface area contributed by atoms with Gasteiger partial charge in [0.05, 0.1) is 11.6 Å². The third kappa shape index (κ3) is 4.65.